The maximum absolute atomic E-state index is 13.2. The van der Waals surface area contributed by atoms with Crippen LogP contribution < -0.4 is 10.6 Å². The van der Waals surface area contributed by atoms with Gasteiger partial charge >= 0.3 is 5.97 Å². The van der Waals surface area contributed by atoms with Gasteiger partial charge in [0.15, 0.2) is 0 Å². The van der Waals surface area contributed by atoms with Crippen molar-refractivity contribution < 1.29 is 14.7 Å². The van der Waals surface area contributed by atoms with Gasteiger partial charge in [0.1, 0.15) is 6.04 Å². The zero-order valence-corrected chi connectivity index (χ0v) is 23.1. The molecule has 0 spiro atoms. The van der Waals surface area contributed by atoms with Crippen LogP contribution in [0.3, 0.4) is 0 Å². The number of amides is 1. The van der Waals surface area contributed by atoms with Gasteiger partial charge in [-0.1, -0.05) is 48.5 Å². The van der Waals surface area contributed by atoms with E-state index in [-0.39, 0.29) is 11.9 Å². The molecule has 3 N–H and O–H groups in total. The Bertz CT molecular complexity index is 1530. The molecule has 1 unspecified atom stereocenters. The van der Waals surface area contributed by atoms with E-state index in [0.29, 0.717) is 24.6 Å². The number of aliphatic carboxylic acids is 1. The molecule has 5 rings (SSSR count). The Hall–Kier alpha value is -3.90. The fraction of sp³-hybridized carbons (Fsp3) is 0.333. The van der Waals surface area contributed by atoms with Gasteiger partial charge in [0, 0.05) is 35.2 Å². The number of hydrogen-bond donors (Lipinski definition) is 3. The van der Waals surface area contributed by atoms with Crippen molar-refractivity contribution in [3.05, 3.63) is 106 Å². The zero-order chi connectivity index (χ0) is 27.7. The lowest BCUT2D eigenvalue weighted by Crippen LogP contribution is -2.33. The van der Waals surface area contributed by atoms with Crippen molar-refractivity contribution in [2.24, 2.45) is 0 Å². The van der Waals surface area contributed by atoms with E-state index in [2.05, 4.69) is 65.4 Å². The number of carboxylic acid groups (broad SMARTS) is 1. The van der Waals surface area contributed by atoms with Crippen molar-refractivity contribution in [1.82, 2.24) is 15.2 Å². The van der Waals surface area contributed by atoms with E-state index in [1.807, 2.05) is 37.3 Å². The van der Waals surface area contributed by atoms with Crippen LogP contribution in [0, 0.1) is 13.8 Å². The molecule has 1 fully saturated rings. The van der Waals surface area contributed by atoms with Gasteiger partial charge in [0.25, 0.3) is 5.91 Å². The van der Waals surface area contributed by atoms with Crippen LogP contribution in [0.1, 0.15) is 82.5 Å². The smallest absolute Gasteiger partial charge is 0.320 e. The summed E-state index contributed by atoms with van der Waals surface area (Å²) in [5.41, 5.74) is 8.78. The summed E-state index contributed by atoms with van der Waals surface area (Å²) < 4.78 is 2.28. The molecule has 0 aliphatic heterocycles. The van der Waals surface area contributed by atoms with Gasteiger partial charge in [-0.05, 0) is 92.5 Å². The second-order valence-electron chi connectivity index (χ2n) is 10.9. The summed E-state index contributed by atoms with van der Waals surface area (Å²) >= 11 is 0. The zero-order valence-electron chi connectivity index (χ0n) is 23.1. The first-order chi connectivity index (χ1) is 18.7. The summed E-state index contributed by atoms with van der Waals surface area (Å²) in [6, 6.07) is 22.1. The van der Waals surface area contributed by atoms with E-state index in [1.54, 1.807) is 6.92 Å². The molecular weight excluding hydrogens is 486 g/mol. The third kappa shape index (κ3) is 5.91. The molecular formula is C33H37N3O3. The van der Waals surface area contributed by atoms with E-state index in [1.165, 1.54) is 18.4 Å². The number of rotatable bonds is 10. The Morgan fingerprint density at radius 1 is 0.974 bits per heavy atom. The van der Waals surface area contributed by atoms with Crippen molar-refractivity contribution in [3.63, 3.8) is 0 Å². The topological polar surface area (TPSA) is 83.4 Å². The molecule has 3 aromatic carbocycles. The number of carbonyl (C=O) groups excluding carboxylic acids is 1. The Balaban J connectivity index is 1.33. The van der Waals surface area contributed by atoms with Crippen molar-refractivity contribution in [2.45, 2.75) is 71.6 Å². The van der Waals surface area contributed by atoms with Gasteiger partial charge in [0.2, 0.25) is 0 Å². The monoisotopic (exact) mass is 523 g/mol. The Labute approximate surface area is 230 Å². The van der Waals surface area contributed by atoms with Crippen LogP contribution in [0.5, 0.6) is 0 Å². The molecule has 0 saturated heterocycles. The third-order valence-electron chi connectivity index (χ3n) is 8.02. The van der Waals surface area contributed by atoms with Gasteiger partial charge in [-0.3, -0.25) is 9.59 Å². The molecule has 6 nitrogen and oxygen atoms in total. The molecule has 1 heterocycles. The normalized spacial score (nSPS) is 14.8. The maximum atomic E-state index is 13.2. The first-order valence-corrected chi connectivity index (χ1v) is 13.8. The highest BCUT2D eigenvalue weighted by Gasteiger charge is 2.24. The summed E-state index contributed by atoms with van der Waals surface area (Å²) in [5.74, 6) is -0.242. The second kappa shape index (κ2) is 11.1. The van der Waals surface area contributed by atoms with Crippen molar-refractivity contribution in [2.75, 3.05) is 0 Å². The van der Waals surface area contributed by atoms with Crippen molar-refractivity contribution in [3.8, 4) is 0 Å². The Morgan fingerprint density at radius 3 is 2.46 bits per heavy atom. The number of fused-ring (bicyclic) bond motifs is 1. The van der Waals surface area contributed by atoms with Gasteiger partial charge in [-0.25, -0.2) is 0 Å². The molecule has 1 amide bonds. The van der Waals surface area contributed by atoms with Crippen LogP contribution in [0.2, 0.25) is 0 Å². The average molecular weight is 524 g/mol. The lowest BCUT2D eigenvalue weighted by atomic mass is 10.0. The molecule has 39 heavy (non-hydrogen) atoms. The molecule has 0 radical (unpaired) electrons. The minimum atomic E-state index is -0.860. The highest BCUT2D eigenvalue weighted by molar-refractivity contribution is 5.99. The first-order valence-electron chi connectivity index (χ1n) is 13.8. The quantitative estimate of drug-likeness (QED) is 0.230. The number of aromatic nitrogens is 1. The second-order valence-corrected chi connectivity index (χ2v) is 10.9. The highest BCUT2D eigenvalue weighted by atomic mass is 16.4. The molecule has 1 saturated carbocycles. The first kappa shape index (κ1) is 26.7. The predicted octanol–water partition coefficient (Wildman–Crippen LogP) is 6.24. The molecule has 2 atom stereocenters. The number of carbonyl (C=O) groups is 2. The summed E-state index contributed by atoms with van der Waals surface area (Å²) in [7, 11) is 0. The third-order valence-corrected chi connectivity index (χ3v) is 8.02. The summed E-state index contributed by atoms with van der Waals surface area (Å²) in [5, 5.41) is 16.4. The predicted molar refractivity (Wildman–Crippen MR) is 155 cm³/mol. The lowest BCUT2D eigenvalue weighted by Gasteiger charge is -2.16. The molecule has 0 bridgehead atoms. The van der Waals surface area contributed by atoms with Crippen LogP contribution in [0.15, 0.2) is 66.7 Å². The molecule has 1 aliphatic carbocycles. The number of nitrogens with zero attached hydrogens (tertiary/aromatic N) is 1. The van der Waals surface area contributed by atoms with Gasteiger partial charge in [-0.2, -0.15) is 0 Å². The van der Waals surface area contributed by atoms with E-state index in [0.717, 1.165) is 38.9 Å². The number of benzene rings is 3. The van der Waals surface area contributed by atoms with Crippen LogP contribution in [0.4, 0.5) is 0 Å². The number of hydrogen-bond acceptors (Lipinski definition) is 3. The van der Waals surface area contributed by atoms with Crippen LogP contribution in [-0.4, -0.2) is 27.6 Å². The molecule has 4 aromatic rings. The van der Waals surface area contributed by atoms with E-state index < -0.39 is 12.0 Å². The number of aryl methyl sites for hydroxylation is 1. The summed E-state index contributed by atoms with van der Waals surface area (Å²) in [6.45, 7) is 9.09. The standard InChI is InChI=1S/C33H37N3O3/c1-20-23(4)36(19-25-8-5-7-24(15-25)18-34-22(3)33(38)39)31-14-13-29(17-30(20)31)32(37)35-21(2)27-9-6-10-28(16-27)26-11-12-26/h5-10,13-17,21-22,26,34H,11-12,18-19H2,1-4H3,(H,35,37)(H,38,39)/t21-,22?/m0/s1. The molecule has 202 valence electrons. The average Bonchev–Trinajstić information content (AvgIpc) is 3.76. The SMILES string of the molecule is Cc1c(C)n(Cc2cccc(CNC(C)C(=O)O)c2)c2ccc(C(=O)N[C@@H](C)c3cccc(C4CC4)c3)cc12. The fourth-order valence-electron chi connectivity index (χ4n) is 5.24. The fourth-order valence-corrected chi connectivity index (χ4v) is 5.24. The van der Waals surface area contributed by atoms with Gasteiger partial charge < -0.3 is 20.3 Å². The summed E-state index contributed by atoms with van der Waals surface area (Å²) in [6.07, 6.45) is 2.52. The van der Waals surface area contributed by atoms with E-state index >= 15 is 0 Å². The molecule has 6 heteroatoms. The van der Waals surface area contributed by atoms with E-state index in [4.69, 9.17) is 5.11 Å². The van der Waals surface area contributed by atoms with Crippen LogP contribution in [0.25, 0.3) is 10.9 Å². The van der Waals surface area contributed by atoms with E-state index in [9.17, 15) is 9.59 Å². The Morgan fingerprint density at radius 2 is 1.72 bits per heavy atom. The summed E-state index contributed by atoms with van der Waals surface area (Å²) in [4.78, 5) is 24.3. The largest absolute Gasteiger partial charge is 0.480 e. The van der Waals surface area contributed by atoms with Crippen LogP contribution in [-0.2, 0) is 17.9 Å². The molecule has 1 aromatic heterocycles. The number of carboxylic acids is 1. The highest BCUT2D eigenvalue weighted by Crippen LogP contribution is 2.40. The minimum Gasteiger partial charge on any atom is -0.480 e. The lowest BCUT2D eigenvalue weighted by molar-refractivity contribution is -0.139. The van der Waals surface area contributed by atoms with Crippen molar-refractivity contribution >= 4 is 22.8 Å². The van der Waals surface area contributed by atoms with Gasteiger partial charge in [-0.15, -0.1) is 0 Å². The minimum absolute atomic E-state index is 0.0678. The van der Waals surface area contributed by atoms with Crippen LogP contribution >= 0.6 is 0 Å². The van der Waals surface area contributed by atoms with Gasteiger partial charge in [0.05, 0.1) is 6.04 Å². The Kier molecular flexibility index (Phi) is 7.58. The number of nitrogens with one attached hydrogen (secondary N) is 2. The van der Waals surface area contributed by atoms with Crippen molar-refractivity contribution in [1.29, 1.82) is 0 Å². The molecule has 1 aliphatic rings. The maximum Gasteiger partial charge on any atom is 0.320 e.